The Morgan fingerprint density at radius 3 is 2.41 bits per heavy atom. The van der Waals surface area contributed by atoms with Crippen LogP contribution in [0.5, 0.6) is 0 Å². The summed E-state index contributed by atoms with van der Waals surface area (Å²) in [5.74, 6) is 2.09. The maximum atomic E-state index is 12.3. The average molecular weight is 299 g/mol. The predicted octanol–water partition coefficient (Wildman–Crippen LogP) is 1.71. The molecular formula is C18H25N3O. The molecule has 2 saturated heterocycles. The molecule has 22 heavy (non-hydrogen) atoms. The van der Waals surface area contributed by atoms with Gasteiger partial charge in [-0.1, -0.05) is 18.2 Å². The first-order valence-corrected chi connectivity index (χ1v) is 8.54. The summed E-state index contributed by atoms with van der Waals surface area (Å²) >= 11 is 0. The number of rotatable bonds is 3. The first-order valence-electron chi connectivity index (χ1n) is 8.54. The molecule has 3 aliphatic rings. The van der Waals surface area contributed by atoms with Gasteiger partial charge in [0.05, 0.1) is 0 Å². The van der Waals surface area contributed by atoms with Crippen LogP contribution in [0.15, 0.2) is 30.3 Å². The summed E-state index contributed by atoms with van der Waals surface area (Å²) in [6.07, 6.45) is 3.27. The number of carbonyl (C=O) groups excluding carboxylic acids is 1. The topological polar surface area (TPSA) is 49.6 Å². The Hall–Kier alpha value is -1.39. The van der Waals surface area contributed by atoms with Crippen LogP contribution in [0, 0.1) is 17.8 Å². The van der Waals surface area contributed by atoms with Gasteiger partial charge in [-0.25, -0.2) is 0 Å². The van der Waals surface area contributed by atoms with E-state index in [4.69, 9.17) is 5.73 Å². The molecule has 0 spiro atoms. The summed E-state index contributed by atoms with van der Waals surface area (Å²) in [6, 6.07) is 10.5. The van der Waals surface area contributed by atoms with Crippen molar-refractivity contribution in [2.45, 2.75) is 25.3 Å². The van der Waals surface area contributed by atoms with Gasteiger partial charge >= 0.3 is 0 Å². The molecule has 4 rings (SSSR count). The van der Waals surface area contributed by atoms with Crippen LogP contribution in [0.25, 0.3) is 0 Å². The SMILES string of the molecule is NC1[C@@H]2CC[C@H]1CN(CC1CC(=O)N(c3ccccc3)C1)C2. The number of likely N-dealkylation sites (tertiary alicyclic amines) is 1. The van der Waals surface area contributed by atoms with Gasteiger partial charge < -0.3 is 15.5 Å². The van der Waals surface area contributed by atoms with E-state index >= 15 is 0 Å². The third-order valence-electron chi connectivity index (χ3n) is 5.77. The molecule has 0 radical (unpaired) electrons. The molecule has 1 amide bonds. The maximum absolute atomic E-state index is 12.3. The van der Waals surface area contributed by atoms with Gasteiger partial charge in [-0.15, -0.1) is 0 Å². The third kappa shape index (κ3) is 2.55. The highest BCUT2D eigenvalue weighted by Gasteiger charge is 2.41. The van der Waals surface area contributed by atoms with Gasteiger partial charge in [0, 0.05) is 44.3 Å². The summed E-state index contributed by atoms with van der Waals surface area (Å²) in [7, 11) is 0. The number of hydrogen-bond donors (Lipinski definition) is 1. The number of amides is 1. The van der Waals surface area contributed by atoms with Gasteiger partial charge in [-0.3, -0.25) is 4.79 Å². The summed E-state index contributed by atoms with van der Waals surface area (Å²) in [4.78, 5) is 16.8. The fourth-order valence-corrected chi connectivity index (χ4v) is 4.64. The van der Waals surface area contributed by atoms with E-state index in [1.54, 1.807) is 0 Å². The number of para-hydroxylation sites is 1. The van der Waals surface area contributed by atoms with E-state index in [1.807, 2.05) is 35.2 Å². The second-order valence-electron chi connectivity index (χ2n) is 7.30. The van der Waals surface area contributed by atoms with E-state index in [9.17, 15) is 4.79 Å². The Labute approximate surface area is 132 Å². The Balaban J connectivity index is 1.38. The molecule has 3 fully saturated rings. The Bertz CT molecular complexity index is 533. The predicted molar refractivity (Wildman–Crippen MR) is 87.5 cm³/mol. The smallest absolute Gasteiger partial charge is 0.227 e. The number of nitrogens with two attached hydrogens (primary N) is 1. The van der Waals surface area contributed by atoms with E-state index in [0.29, 0.717) is 30.2 Å². The van der Waals surface area contributed by atoms with E-state index in [1.165, 1.54) is 12.8 Å². The zero-order valence-electron chi connectivity index (χ0n) is 13.0. The molecule has 2 unspecified atom stereocenters. The molecule has 118 valence electrons. The summed E-state index contributed by atoms with van der Waals surface area (Å²) in [5, 5.41) is 0. The molecule has 2 bridgehead atoms. The summed E-state index contributed by atoms with van der Waals surface area (Å²) < 4.78 is 0. The van der Waals surface area contributed by atoms with Gasteiger partial charge in [0.1, 0.15) is 0 Å². The fraction of sp³-hybridized carbons (Fsp3) is 0.611. The number of fused-ring (bicyclic) bond motifs is 2. The van der Waals surface area contributed by atoms with Gasteiger partial charge in [0.2, 0.25) is 5.91 Å². The molecule has 4 nitrogen and oxygen atoms in total. The molecule has 2 aliphatic heterocycles. The van der Waals surface area contributed by atoms with Crippen LogP contribution in [0.1, 0.15) is 19.3 Å². The minimum Gasteiger partial charge on any atom is -0.327 e. The zero-order chi connectivity index (χ0) is 15.1. The molecular weight excluding hydrogens is 274 g/mol. The lowest BCUT2D eigenvalue weighted by atomic mass is 9.92. The summed E-state index contributed by atoms with van der Waals surface area (Å²) in [5.41, 5.74) is 7.32. The van der Waals surface area contributed by atoms with Crippen molar-refractivity contribution in [1.82, 2.24) is 4.90 Å². The molecule has 1 saturated carbocycles. The highest BCUT2D eigenvalue weighted by Crippen LogP contribution is 2.36. The van der Waals surface area contributed by atoms with Crippen LogP contribution in [0.4, 0.5) is 5.69 Å². The Morgan fingerprint density at radius 1 is 1.05 bits per heavy atom. The minimum atomic E-state index is 0.271. The lowest BCUT2D eigenvalue weighted by molar-refractivity contribution is -0.117. The average Bonchev–Trinajstić information content (AvgIpc) is 2.96. The van der Waals surface area contributed by atoms with Crippen molar-refractivity contribution < 1.29 is 4.79 Å². The van der Waals surface area contributed by atoms with Gasteiger partial charge in [0.25, 0.3) is 0 Å². The fourth-order valence-electron chi connectivity index (χ4n) is 4.64. The monoisotopic (exact) mass is 299 g/mol. The zero-order valence-corrected chi connectivity index (χ0v) is 13.0. The molecule has 2 heterocycles. The Morgan fingerprint density at radius 2 is 1.73 bits per heavy atom. The van der Waals surface area contributed by atoms with Crippen molar-refractivity contribution in [3.63, 3.8) is 0 Å². The number of piperidine rings is 1. The van der Waals surface area contributed by atoms with Crippen molar-refractivity contribution in [3.8, 4) is 0 Å². The van der Waals surface area contributed by atoms with Crippen LogP contribution in [0.2, 0.25) is 0 Å². The number of benzene rings is 1. The standard InChI is InChI=1S/C18H25N3O/c19-18-14-6-7-15(18)12-20(11-14)9-13-8-17(22)21(10-13)16-4-2-1-3-5-16/h1-5,13-15,18H,6-12,19H2/t13?,14-,15+,18?. The van der Waals surface area contributed by atoms with Crippen molar-refractivity contribution in [1.29, 1.82) is 0 Å². The molecule has 1 aromatic rings. The van der Waals surface area contributed by atoms with Crippen LogP contribution < -0.4 is 10.6 Å². The molecule has 4 atom stereocenters. The quantitative estimate of drug-likeness (QED) is 0.924. The molecule has 1 aromatic carbocycles. The first-order chi connectivity index (χ1) is 10.7. The molecule has 2 N–H and O–H groups in total. The molecule has 1 aliphatic carbocycles. The van der Waals surface area contributed by atoms with Crippen molar-refractivity contribution in [2.24, 2.45) is 23.5 Å². The van der Waals surface area contributed by atoms with Crippen LogP contribution in [-0.2, 0) is 4.79 Å². The van der Waals surface area contributed by atoms with Crippen LogP contribution >= 0.6 is 0 Å². The van der Waals surface area contributed by atoms with Crippen molar-refractivity contribution >= 4 is 11.6 Å². The van der Waals surface area contributed by atoms with Crippen LogP contribution in [0.3, 0.4) is 0 Å². The van der Waals surface area contributed by atoms with Gasteiger partial charge in [-0.05, 0) is 42.7 Å². The lowest BCUT2D eigenvalue weighted by Gasteiger charge is -2.37. The highest BCUT2D eigenvalue weighted by atomic mass is 16.2. The normalized spacial score (nSPS) is 35.3. The maximum Gasteiger partial charge on any atom is 0.227 e. The number of anilines is 1. The number of hydrogen-bond acceptors (Lipinski definition) is 3. The summed E-state index contributed by atoms with van der Waals surface area (Å²) in [6.45, 7) is 4.18. The van der Waals surface area contributed by atoms with Gasteiger partial charge in [-0.2, -0.15) is 0 Å². The first kappa shape index (κ1) is 14.2. The second-order valence-corrected chi connectivity index (χ2v) is 7.30. The molecule has 4 heteroatoms. The highest BCUT2D eigenvalue weighted by molar-refractivity contribution is 5.95. The number of carbonyl (C=O) groups is 1. The van der Waals surface area contributed by atoms with Crippen molar-refractivity contribution in [3.05, 3.63) is 30.3 Å². The van der Waals surface area contributed by atoms with Crippen LogP contribution in [-0.4, -0.2) is 43.0 Å². The largest absolute Gasteiger partial charge is 0.327 e. The minimum absolute atomic E-state index is 0.271. The van der Waals surface area contributed by atoms with E-state index in [0.717, 1.165) is 31.9 Å². The molecule has 0 aromatic heterocycles. The second kappa shape index (κ2) is 5.67. The third-order valence-corrected chi connectivity index (χ3v) is 5.77. The lowest BCUT2D eigenvalue weighted by Crippen LogP contribution is -2.50. The Kier molecular flexibility index (Phi) is 3.66. The van der Waals surface area contributed by atoms with E-state index in [-0.39, 0.29) is 5.91 Å². The van der Waals surface area contributed by atoms with Gasteiger partial charge in [0.15, 0.2) is 0 Å². The van der Waals surface area contributed by atoms with E-state index < -0.39 is 0 Å². The van der Waals surface area contributed by atoms with E-state index in [2.05, 4.69) is 4.90 Å². The van der Waals surface area contributed by atoms with Crippen molar-refractivity contribution in [2.75, 3.05) is 31.1 Å². The number of nitrogens with zero attached hydrogens (tertiary/aromatic N) is 2.